The number of pyridine rings is 1. The maximum atomic E-state index is 13.8. The van der Waals surface area contributed by atoms with Gasteiger partial charge in [0.25, 0.3) is 0 Å². The van der Waals surface area contributed by atoms with Gasteiger partial charge in [-0.2, -0.15) is 0 Å². The number of phenolic OH excluding ortho intramolecular Hbond substituents is 1. The van der Waals surface area contributed by atoms with Gasteiger partial charge < -0.3 is 14.9 Å². The molecular weight excluding hydrogens is 404 g/mol. The van der Waals surface area contributed by atoms with E-state index < -0.39 is 17.1 Å². The van der Waals surface area contributed by atoms with Crippen molar-refractivity contribution in [2.24, 2.45) is 5.92 Å². The van der Waals surface area contributed by atoms with Gasteiger partial charge in [0.15, 0.2) is 23.4 Å². The van der Waals surface area contributed by atoms with Crippen molar-refractivity contribution < 1.29 is 19.7 Å². The van der Waals surface area contributed by atoms with Gasteiger partial charge in [0, 0.05) is 42.5 Å². The number of ether oxygens (including phenoxy) is 1. The molecule has 6 heteroatoms. The number of aromatic hydroxyl groups is 1. The van der Waals surface area contributed by atoms with E-state index in [-0.39, 0.29) is 17.6 Å². The highest BCUT2D eigenvalue weighted by atomic mass is 16.5. The normalized spacial score (nSPS) is 36.2. The summed E-state index contributed by atoms with van der Waals surface area (Å²) >= 11 is 0. The molecule has 3 heterocycles. The Kier molecular flexibility index (Phi) is 3.65. The van der Waals surface area contributed by atoms with Crippen LogP contribution in [0.1, 0.15) is 42.4 Å². The Balaban J connectivity index is 1.42. The molecule has 2 aliphatic heterocycles. The van der Waals surface area contributed by atoms with Crippen molar-refractivity contribution in [2.75, 3.05) is 13.1 Å². The molecule has 1 aromatic heterocycles. The molecule has 6 nitrogen and oxygen atoms in total. The van der Waals surface area contributed by atoms with E-state index in [0.717, 1.165) is 35.7 Å². The van der Waals surface area contributed by atoms with Crippen LogP contribution in [0.3, 0.4) is 0 Å². The van der Waals surface area contributed by atoms with E-state index in [2.05, 4.69) is 9.88 Å². The van der Waals surface area contributed by atoms with Gasteiger partial charge in [-0.1, -0.05) is 6.07 Å². The molecule has 32 heavy (non-hydrogen) atoms. The van der Waals surface area contributed by atoms with Crippen molar-refractivity contribution in [3.05, 3.63) is 58.9 Å². The summed E-state index contributed by atoms with van der Waals surface area (Å²) in [6, 6.07) is 7.29. The van der Waals surface area contributed by atoms with Crippen LogP contribution < -0.4 is 4.74 Å². The minimum atomic E-state index is -1.12. The molecule has 0 unspecified atom stereocenters. The van der Waals surface area contributed by atoms with Crippen molar-refractivity contribution in [3.8, 4) is 11.5 Å². The number of hydrogen-bond donors (Lipinski definition) is 2. The zero-order valence-corrected chi connectivity index (χ0v) is 17.8. The minimum absolute atomic E-state index is 0.0567. The van der Waals surface area contributed by atoms with Crippen LogP contribution in [0.25, 0.3) is 6.08 Å². The molecule has 2 bridgehead atoms. The van der Waals surface area contributed by atoms with Gasteiger partial charge in [0.05, 0.1) is 11.0 Å². The zero-order valence-electron chi connectivity index (χ0n) is 17.8. The number of rotatable bonds is 3. The van der Waals surface area contributed by atoms with Crippen LogP contribution in [0, 0.1) is 5.92 Å². The van der Waals surface area contributed by atoms with Crippen LogP contribution in [0.5, 0.6) is 11.5 Å². The first kappa shape index (κ1) is 18.8. The first-order chi connectivity index (χ1) is 15.5. The van der Waals surface area contributed by atoms with E-state index in [4.69, 9.17) is 4.74 Å². The predicted molar refractivity (Wildman–Crippen MR) is 117 cm³/mol. The van der Waals surface area contributed by atoms with Crippen LogP contribution in [0.15, 0.2) is 42.2 Å². The molecule has 2 aromatic rings. The van der Waals surface area contributed by atoms with Crippen molar-refractivity contribution >= 4 is 11.9 Å². The summed E-state index contributed by atoms with van der Waals surface area (Å²) in [6.45, 7) is 1.85. The third-order valence-corrected chi connectivity index (χ3v) is 8.57. The van der Waals surface area contributed by atoms with Crippen LogP contribution in [0.4, 0.5) is 0 Å². The number of carbonyl (C=O) groups is 1. The fourth-order valence-corrected chi connectivity index (χ4v) is 6.97. The first-order valence-corrected chi connectivity index (χ1v) is 11.6. The second-order valence-electron chi connectivity index (χ2n) is 10.2. The van der Waals surface area contributed by atoms with Gasteiger partial charge in [-0.15, -0.1) is 0 Å². The quantitative estimate of drug-likeness (QED) is 0.729. The third kappa shape index (κ3) is 2.27. The smallest absolute Gasteiger partial charge is 0.200 e. The molecule has 3 aliphatic carbocycles. The van der Waals surface area contributed by atoms with Crippen LogP contribution in [-0.2, 0) is 16.6 Å². The van der Waals surface area contributed by atoms with Crippen LogP contribution >= 0.6 is 0 Å². The van der Waals surface area contributed by atoms with E-state index in [0.29, 0.717) is 30.6 Å². The largest absolute Gasteiger partial charge is 0.504 e. The number of hydrogen-bond acceptors (Lipinski definition) is 6. The maximum Gasteiger partial charge on any atom is 0.200 e. The molecule has 1 aromatic carbocycles. The fraction of sp³-hybridized carbons (Fsp3) is 0.462. The number of nitrogens with zero attached hydrogens (tertiary/aromatic N) is 2. The topological polar surface area (TPSA) is 82.9 Å². The highest BCUT2D eigenvalue weighted by Gasteiger charge is 2.74. The van der Waals surface area contributed by atoms with Crippen molar-refractivity contribution in [3.63, 3.8) is 0 Å². The standard InChI is InChI=1S/C26H26N2O4/c29-19-4-3-17-12-20-26(31)13-18(11-15-5-8-27-9-6-15)22(30)24-25(26,21(17)23(19)32-24)7-10-28(20)14-16-1-2-16/h3-6,8-9,11,16,20,24,29,31H,1-2,7,10,12-14H2/b18-11+/t20-,24+,25+,26-/m1/s1. The van der Waals surface area contributed by atoms with Crippen molar-refractivity contribution in [2.45, 2.75) is 55.3 Å². The average Bonchev–Trinajstić information content (AvgIpc) is 3.52. The second kappa shape index (κ2) is 6.21. The Morgan fingerprint density at radius 1 is 1.22 bits per heavy atom. The third-order valence-electron chi connectivity index (χ3n) is 8.57. The molecule has 7 rings (SSSR count). The molecule has 0 amide bonds. The van der Waals surface area contributed by atoms with E-state index in [1.165, 1.54) is 12.8 Å². The summed E-state index contributed by atoms with van der Waals surface area (Å²) in [6.07, 6.45) is 8.67. The summed E-state index contributed by atoms with van der Waals surface area (Å²) in [5.74, 6) is 1.10. The summed E-state index contributed by atoms with van der Waals surface area (Å²) in [7, 11) is 0. The number of carbonyl (C=O) groups excluding carboxylic acids is 1. The van der Waals surface area contributed by atoms with E-state index in [1.807, 2.05) is 24.3 Å². The number of aromatic nitrogens is 1. The number of phenols is 1. The second-order valence-corrected chi connectivity index (χ2v) is 10.2. The SMILES string of the molecule is O=C1/C(=C/c2ccncc2)C[C@@]2(O)[C@H]3Cc4ccc(O)c5c4[C@@]2(CCN3CC2CC2)[C@H]1O5. The van der Waals surface area contributed by atoms with Crippen molar-refractivity contribution in [1.82, 2.24) is 9.88 Å². The molecule has 2 saturated carbocycles. The minimum Gasteiger partial charge on any atom is -0.504 e. The summed E-state index contributed by atoms with van der Waals surface area (Å²) < 4.78 is 6.25. The van der Waals surface area contributed by atoms with Crippen LogP contribution in [0.2, 0.25) is 0 Å². The highest BCUT2D eigenvalue weighted by Crippen LogP contribution is 2.65. The summed E-state index contributed by atoms with van der Waals surface area (Å²) in [5.41, 5.74) is 1.54. The maximum absolute atomic E-state index is 13.8. The Bertz CT molecular complexity index is 1170. The number of ketones is 1. The number of piperidine rings is 1. The lowest BCUT2D eigenvalue weighted by Crippen LogP contribution is -2.77. The lowest BCUT2D eigenvalue weighted by atomic mass is 9.48. The van der Waals surface area contributed by atoms with Gasteiger partial charge in [0.1, 0.15) is 0 Å². The number of benzene rings is 1. The molecule has 4 atom stereocenters. The molecule has 3 fully saturated rings. The lowest BCUT2D eigenvalue weighted by Gasteiger charge is -2.62. The Hall–Kier alpha value is -2.70. The number of likely N-dealkylation sites (tertiary alicyclic amines) is 1. The van der Waals surface area contributed by atoms with Crippen molar-refractivity contribution in [1.29, 1.82) is 0 Å². The van der Waals surface area contributed by atoms with E-state index in [1.54, 1.807) is 18.5 Å². The Morgan fingerprint density at radius 2 is 2.03 bits per heavy atom. The lowest BCUT2D eigenvalue weighted by molar-refractivity contribution is -0.179. The van der Waals surface area contributed by atoms with Crippen LogP contribution in [-0.4, -0.2) is 56.7 Å². The average molecular weight is 431 g/mol. The Morgan fingerprint density at radius 3 is 2.81 bits per heavy atom. The molecule has 164 valence electrons. The van der Waals surface area contributed by atoms with Gasteiger partial charge in [-0.25, -0.2) is 0 Å². The molecule has 1 spiro atoms. The molecule has 1 saturated heterocycles. The number of Topliss-reactive ketones (excluding diaryl/α,β-unsaturated/α-hetero) is 1. The monoisotopic (exact) mass is 430 g/mol. The molecule has 5 aliphatic rings. The van der Waals surface area contributed by atoms with E-state index in [9.17, 15) is 15.0 Å². The number of aliphatic hydroxyl groups is 1. The Labute approximate surface area is 186 Å². The zero-order chi connectivity index (χ0) is 21.7. The summed E-state index contributed by atoms with van der Waals surface area (Å²) in [4.78, 5) is 20.3. The fourth-order valence-electron chi connectivity index (χ4n) is 6.97. The molecule has 2 N–H and O–H groups in total. The van der Waals surface area contributed by atoms with Gasteiger partial charge in [-0.3, -0.25) is 14.7 Å². The molecular formula is C26H26N2O4. The van der Waals surface area contributed by atoms with Gasteiger partial charge in [0.2, 0.25) is 0 Å². The predicted octanol–water partition coefficient (Wildman–Crippen LogP) is 2.61. The molecule has 0 radical (unpaired) electrons. The van der Waals surface area contributed by atoms with Gasteiger partial charge >= 0.3 is 0 Å². The summed E-state index contributed by atoms with van der Waals surface area (Å²) in [5, 5.41) is 23.2. The first-order valence-electron chi connectivity index (χ1n) is 11.6. The van der Waals surface area contributed by atoms with Gasteiger partial charge in [-0.05, 0) is 73.5 Å². The van der Waals surface area contributed by atoms with E-state index >= 15 is 0 Å². The highest BCUT2D eigenvalue weighted by molar-refractivity contribution is 6.06.